The van der Waals surface area contributed by atoms with Gasteiger partial charge in [-0.1, -0.05) is 29.5 Å². The molecule has 10 heteroatoms. The molecule has 0 unspecified atom stereocenters. The molecule has 0 atom stereocenters. The minimum absolute atomic E-state index is 0.122. The molecule has 0 N–H and O–H groups in total. The molecule has 1 amide bonds. The second-order valence-corrected chi connectivity index (χ2v) is 9.27. The molecule has 0 spiro atoms. The molecule has 0 aliphatic rings. The first-order chi connectivity index (χ1) is 13.8. The van der Waals surface area contributed by atoms with Crippen molar-refractivity contribution in [1.82, 2.24) is 4.57 Å². The predicted molar refractivity (Wildman–Crippen MR) is 105 cm³/mol. The standard InChI is InChI=1S/C19H18F2N2O4S2/c1-27-9-8-23-18-15(21)11-13(20)12-16(18)28-19(23)22-17(24)7-10-29(25,26)14-5-3-2-4-6-14/h2-6,11-12H,7-10H2,1H3. The van der Waals surface area contributed by atoms with Gasteiger partial charge in [-0.2, -0.15) is 4.99 Å². The molecule has 3 aromatic rings. The summed E-state index contributed by atoms with van der Waals surface area (Å²) in [5.74, 6) is -2.57. The zero-order chi connectivity index (χ0) is 21.0. The van der Waals surface area contributed by atoms with E-state index in [2.05, 4.69) is 4.99 Å². The van der Waals surface area contributed by atoms with Crippen LogP contribution in [0.4, 0.5) is 8.78 Å². The summed E-state index contributed by atoms with van der Waals surface area (Å²) in [5.41, 5.74) is 0.122. The Balaban J connectivity index is 1.90. The summed E-state index contributed by atoms with van der Waals surface area (Å²) in [6, 6.07) is 9.73. The zero-order valence-electron chi connectivity index (χ0n) is 15.5. The van der Waals surface area contributed by atoms with E-state index in [4.69, 9.17) is 4.74 Å². The summed E-state index contributed by atoms with van der Waals surface area (Å²) >= 11 is 0.951. The number of hydrogen-bond donors (Lipinski definition) is 0. The van der Waals surface area contributed by atoms with Crippen LogP contribution in [0.1, 0.15) is 6.42 Å². The highest BCUT2D eigenvalue weighted by Gasteiger charge is 2.17. The second kappa shape index (κ2) is 8.93. The molecule has 0 aliphatic heterocycles. The van der Waals surface area contributed by atoms with Crippen LogP contribution >= 0.6 is 11.3 Å². The smallest absolute Gasteiger partial charge is 0.249 e. The zero-order valence-corrected chi connectivity index (χ0v) is 17.1. The molecule has 1 aromatic heterocycles. The number of hydrogen-bond acceptors (Lipinski definition) is 5. The summed E-state index contributed by atoms with van der Waals surface area (Å²) in [7, 11) is -2.15. The topological polar surface area (TPSA) is 77.7 Å². The van der Waals surface area contributed by atoms with Crippen LogP contribution in [0.2, 0.25) is 0 Å². The van der Waals surface area contributed by atoms with Crippen molar-refractivity contribution < 1.29 is 26.7 Å². The van der Waals surface area contributed by atoms with Gasteiger partial charge in [0.2, 0.25) is 5.91 Å². The lowest BCUT2D eigenvalue weighted by Gasteiger charge is -2.05. The molecule has 0 aliphatic carbocycles. The van der Waals surface area contributed by atoms with Gasteiger partial charge in [-0.15, -0.1) is 0 Å². The van der Waals surface area contributed by atoms with Crippen LogP contribution in [0.3, 0.4) is 0 Å². The number of aromatic nitrogens is 1. The molecule has 0 radical (unpaired) electrons. The van der Waals surface area contributed by atoms with Gasteiger partial charge in [0.15, 0.2) is 20.5 Å². The molecule has 3 rings (SSSR count). The van der Waals surface area contributed by atoms with Crippen LogP contribution in [0.15, 0.2) is 52.4 Å². The summed E-state index contributed by atoms with van der Waals surface area (Å²) in [4.78, 5) is 16.5. The SMILES string of the molecule is COCCn1c(=NC(=O)CCS(=O)(=O)c2ccccc2)sc2cc(F)cc(F)c21. The number of carbonyl (C=O) groups is 1. The fourth-order valence-electron chi connectivity index (χ4n) is 2.73. The van der Waals surface area contributed by atoms with Gasteiger partial charge in [-0.3, -0.25) is 4.79 Å². The van der Waals surface area contributed by atoms with Crippen LogP contribution in [-0.4, -0.2) is 38.4 Å². The fraction of sp³-hybridized carbons (Fsp3) is 0.263. The molecular formula is C19H18F2N2O4S2. The van der Waals surface area contributed by atoms with E-state index >= 15 is 0 Å². The first-order valence-electron chi connectivity index (χ1n) is 8.64. The number of fused-ring (bicyclic) bond motifs is 1. The molecule has 154 valence electrons. The quantitative estimate of drug-likeness (QED) is 0.566. The molecular weight excluding hydrogens is 422 g/mol. The number of rotatable bonds is 7. The number of benzene rings is 2. The number of carbonyl (C=O) groups excluding carboxylic acids is 1. The first kappa shape index (κ1) is 21.3. The van der Waals surface area contributed by atoms with E-state index in [1.807, 2.05) is 0 Å². The van der Waals surface area contributed by atoms with Crippen molar-refractivity contribution in [2.75, 3.05) is 19.5 Å². The van der Waals surface area contributed by atoms with Gasteiger partial charge in [-0.05, 0) is 18.2 Å². The predicted octanol–water partition coefficient (Wildman–Crippen LogP) is 2.92. The van der Waals surface area contributed by atoms with Crippen LogP contribution in [0, 0.1) is 11.6 Å². The molecule has 0 bridgehead atoms. The minimum atomic E-state index is -3.62. The van der Waals surface area contributed by atoms with E-state index in [0.29, 0.717) is 4.70 Å². The van der Waals surface area contributed by atoms with Crippen LogP contribution < -0.4 is 4.80 Å². The molecule has 0 saturated heterocycles. The number of halogens is 2. The Kier molecular flexibility index (Phi) is 6.56. The fourth-order valence-corrected chi connectivity index (χ4v) is 5.10. The maximum atomic E-state index is 14.3. The number of nitrogens with zero attached hydrogens (tertiary/aromatic N) is 2. The van der Waals surface area contributed by atoms with Gasteiger partial charge in [0.1, 0.15) is 5.82 Å². The Hall–Kier alpha value is -2.43. The Morgan fingerprint density at radius 1 is 1.21 bits per heavy atom. The van der Waals surface area contributed by atoms with Gasteiger partial charge < -0.3 is 9.30 Å². The summed E-state index contributed by atoms with van der Waals surface area (Å²) < 4.78 is 59.2. The van der Waals surface area contributed by atoms with E-state index in [9.17, 15) is 22.0 Å². The van der Waals surface area contributed by atoms with E-state index in [0.717, 1.165) is 23.5 Å². The Morgan fingerprint density at radius 2 is 1.93 bits per heavy atom. The third kappa shape index (κ3) is 4.95. The normalized spacial score (nSPS) is 12.6. The lowest BCUT2D eigenvalue weighted by molar-refractivity contribution is -0.117. The van der Waals surface area contributed by atoms with Gasteiger partial charge >= 0.3 is 0 Å². The highest BCUT2D eigenvalue weighted by Crippen LogP contribution is 2.22. The maximum Gasteiger partial charge on any atom is 0.249 e. The number of methoxy groups -OCH3 is 1. The molecule has 1 heterocycles. The minimum Gasteiger partial charge on any atom is -0.383 e. The third-order valence-electron chi connectivity index (χ3n) is 4.12. The summed E-state index contributed by atoms with van der Waals surface area (Å²) in [5, 5.41) is 0. The molecule has 0 saturated carbocycles. The largest absolute Gasteiger partial charge is 0.383 e. The average molecular weight is 440 g/mol. The molecule has 2 aromatic carbocycles. The van der Waals surface area contributed by atoms with E-state index in [1.165, 1.54) is 23.8 Å². The highest BCUT2D eigenvalue weighted by molar-refractivity contribution is 7.91. The maximum absolute atomic E-state index is 14.3. The first-order valence-corrected chi connectivity index (χ1v) is 11.1. The van der Waals surface area contributed by atoms with Crippen molar-refractivity contribution in [2.45, 2.75) is 17.9 Å². The van der Waals surface area contributed by atoms with Crippen LogP contribution in [0.5, 0.6) is 0 Å². The molecule has 29 heavy (non-hydrogen) atoms. The molecule has 0 fully saturated rings. The monoisotopic (exact) mass is 440 g/mol. The van der Waals surface area contributed by atoms with E-state index < -0.39 is 33.1 Å². The second-order valence-electron chi connectivity index (χ2n) is 6.15. The lowest BCUT2D eigenvalue weighted by Crippen LogP contribution is -2.20. The summed E-state index contributed by atoms with van der Waals surface area (Å²) in [6.07, 6.45) is -0.327. The van der Waals surface area contributed by atoms with Crippen molar-refractivity contribution in [2.24, 2.45) is 4.99 Å². The van der Waals surface area contributed by atoms with E-state index in [1.54, 1.807) is 18.2 Å². The highest BCUT2D eigenvalue weighted by atomic mass is 32.2. The van der Waals surface area contributed by atoms with Gasteiger partial charge in [0.25, 0.3) is 0 Å². The van der Waals surface area contributed by atoms with Crippen LogP contribution in [-0.2, 0) is 25.9 Å². The van der Waals surface area contributed by atoms with Crippen LogP contribution in [0.25, 0.3) is 10.2 Å². The number of ether oxygens (including phenoxy) is 1. The lowest BCUT2D eigenvalue weighted by atomic mass is 10.3. The van der Waals surface area contributed by atoms with Gasteiger partial charge in [0, 0.05) is 26.1 Å². The number of sulfone groups is 1. The molecule has 6 nitrogen and oxygen atoms in total. The number of thiazole rings is 1. The van der Waals surface area contributed by atoms with Crippen molar-refractivity contribution in [3.05, 3.63) is 58.9 Å². The summed E-state index contributed by atoms with van der Waals surface area (Å²) in [6.45, 7) is 0.430. The Bertz CT molecular complexity index is 1200. The Labute approximate surface area is 170 Å². The number of amides is 1. The average Bonchev–Trinajstić information content (AvgIpc) is 3.02. The Morgan fingerprint density at radius 3 is 2.62 bits per heavy atom. The third-order valence-corrected chi connectivity index (χ3v) is 6.88. The van der Waals surface area contributed by atoms with Crippen molar-refractivity contribution >= 4 is 37.3 Å². The van der Waals surface area contributed by atoms with E-state index in [-0.39, 0.29) is 34.8 Å². The van der Waals surface area contributed by atoms with Crippen molar-refractivity contribution in [3.8, 4) is 0 Å². The van der Waals surface area contributed by atoms with Crippen molar-refractivity contribution in [1.29, 1.82) is 0 Å². The van der Waals surface area contributed by atoms with Gasteiger partial charge in [-0.25, -0.2) is 17.2 Å². The van der Waals surface area contributed by atoms with Crippen molar-refractivity contribution in [3.63, 3.8) is 0 Å². The van der Waals surface area contributed by atoms with Gasteiger partial charge in [0.05, 0.1) is 27.5 Å².